The van der Waals surface area contributed by atoms with E-state index in [2.05, 4.69) is 25.0 Å². The van der Waals surface area contributed by atoms with Crippen LogP contribution >= 0.6 is 0 Å². The van der Waals surface area contributed by atoms with Gasteiger partial charge in [0.05, 0.1) is 19.1 Å². The Morgan fingerprint density at radius 2 is 1.86 bits per heavy atom. The van der Waals surface area contributed by atoms with E-state index in [9.17, 15) is 14.4 Å². The van der Waals surface area contributed by atoms with Crippen molar-refractivity contribution in [3.8, 4) is 0 Å². The quantitative estimate of drug-likeness (QED) is 0.425. The van der Waals surface area contributed by atoms with Crippen molar-refractivity contribution in [2.45, 2.75) is 91.7 Å². The predicted octanol–water partition coefficient (Wildman–Crippen LogP) is 4.92. The highest BCUT2D eigenvalue weighted by atomic mass is 16.5. The fourth-order valence-electron chi connectivity index (χ4n) is 10.1. The molecule has 7 nitrogen and oxygen atoms in total. The van der Waals surface area contributed by atoms with Crippen molar-refractivity contribution in [1.82, 2.24) is 9.78 Å². The summed E-state index contributed by atoms with van der Waals surface area (Å²) in [6.45, 7) is 8.71. The molecule has 3 saturated carbocycles. The van der Waals surface area contributed by atoms with Crippen LogP contribution < -0.4 is 0 Å². The van der Waals surface area contributed by atoms with E-state index in [1.807, 2.05) is 10.7 Å². The van der Waals surface area contributed by atoms with Gasteiger partial charge in [-0.05, 0) is 92.4 Å². The predicted molar refractivity (Wildman–Crippen MR) is 137 cm³/mol. The molecule has 200 valence electrons. The minimum atomic E-state index is -0.451. The van der Waals surface area contributed by atoms with Crippen LogP contribution in [0.25, 0.3) is 0 Å². The number of ether oxygens (including phenoxy) is 2. The lowest BCUT2D eigenvalue weighted by Gasteiger charge is -2.60. The van der Waals surface area contributed by atoms with Gasteiger partial charge in [0.1, 0.15) is 11.9 Å². The Kier molecular flexibility index (Phi) is 5.56. The van der Waals surface area contributed by atoms with Crippen LogP contribution in [0, 0.1) is 39.9 Å². The Hall–Kier alpha value is -2.44. The summed E-state index contributed by atoms with van der Waals surface area (Å²) in [5, 5.41) is 4.60. The molecule has 0 aromatic carbocycles. The Morgan fingerprint density at radius 3 is 2.57 bits per heavy atom. The standard InChI is InChI=1S/C30H40N2O5/c1-17(33)30-16-32-21(15-26(31-32)27(35)36-5)12-20(30)14-25-23-7-6-19-13-22(37-18(2)34)8-10-28(19,3)24(23)9-11-29(25,30)4/h6,15,20,22-25H,7-14,16H2,1-5H3/t20-,22?,23-,24+,25+,28+,29+,30+/m1/s1. The maximum atomic E-state index is 13.7. The lowest BCUT2D eigenvalue weighted by atomic mass is 9.45. The smallest absolute Gasteiger partial charge is 0.358 e. The van der Waals surface area contributed by atoms with Gasteiger partial charge in [-0.2, -0.15) is 5.10 Å². The molecule has 0 spiro atoms. The lowest BCUT2D eigenvalue weighted by Crippen LogP contribution is -2.57. The van der Waals surface area contributed by atoms with E-state index in [1.54, 1.807) is 6.92 Å². The molecule has 0 amide bonds. The van der Waals surface area contributed by atoms with E-state index < -0.39 is 11.4 Å². The molecule has 0 saturated heterocycles. The van der Waals surface area contributed by atoms with Crippen LogP contribution in [-0.4, -0.2) is 40.7 Å². The molecule has 0 N–H and O–H groups in total. The number of hydrogen-bond donors (Lipinski definition) is 0. The van der Waals surface area contributed by atoms with Crippen molar-refractivity contribution in [3.63, 3.8) is 0 Å². The van der Waals surface area contributed by atoms with Gasteiger partial charge in [0.2, 0.25) is 0 Å². The van der Waals surface area contributed by atoms with Gasteiger partial charge in [-0.1, -0.05) is 25.5 Å². The summed E-state index contributed by atoms with van der Waals surface area (Å²) < 4.78 is 12.5. The summed E-state index contributed by atoms with van der Waals surface area (Å²) in [6.07, 6.45) is 10.4. The van der Waals surface area contributed by atoms with Gasteiger partial charge in [0.25, 0.3) is 0 Å². The van der Waals surface area contributed by atoms with Crippen molar-refractivity contribution in [2.75, 3.05) is 7.11 Å². The largest absolute Gasteiger partial charge is 0.464 e. The Balaban J connectivity index is 1.33. The monoisotopic (exact) mass is 508 g/mol. The molecule has 0 bridgehead atoms. The number of esters is 2. The van der Waals surface area contributed by atoms with Crippen LogP contribution in [0.3, 0.4) is 0 Å². The van der Waals surface area contributed by atoms with Crippen molar-refractivity contribution >= 4 is 17.7 Å². The second kappa shape index (κ2) is 8.28. The highest BCUT2D eigenvalue weighted by molar-refractivity contribution is 5.87. The fourth-order valence-corrected chi connectivity index (χ4v) is 10.1. The van der Waals surface area contributed by atoms with Gasteiger partial charge >= 0.3 is 11.9 Å². The molecule has 3 fully saturated rings. The zero-order valence-corrected chi connectivity index (χ0v) is 22.8. The number of allylic oxidation sites excluding steroid dienone is 1. The Bertz CT molecular complexity index is 1200. The first-order valence-corrected chi connectivity index (χ1v) is 14.1. The summed E-state index contributed by atoms with van der Waals surface area (Å²) >= 11 is 0. The number of nitrogens with zero attached hydrogens (tertiary/aromatic N) is 2. The normalized spacial score (nSPS) is 41.8. The zero-order chi connectivity index (χ0) is 26.3. The first kappa shape index (κ1) is 24.9. The molecule has 1 aromatic rings. The lowest BCUT2D eigenvalue weighted by molar-refractivity contribution is -0.152. The molecular formula is C30H40N2O5. The van der Waals surface area contributed by atoms with Gasteiger partial charge in [-0.3, -0.25) is 14.3 Å². The van der Waals surface area contributed by atoms with Gasteiger partial charge in [0, 0.05) is 19.0 Å². The zero-order valence-electron chi connectivity index (χ0n) is 22.8. The van der Waals surface area contributed by atoms with E-state index in [0.717, 1.165) is 57.1 Å². The summed E-state index contributed by atoms with van der Waals surface area (Å²) in [7, 11) is 1.38. The number of carbonyl (C=O) groups is 3. The molecule has 1 aromatic heterocycles. The summed E-state index contributed by atoms with van der Waals surface area (Å²) in [6, 6.07) is 1.86. The van der Waals surface area contributed by atoms with Crippen molar-refractivity contribution in [2.24, 2.45) is 39.9 Å². The average Bonchev–Trinajstić information content (AvgIpc) is 3.38. The number of Topliss-reactive ketones (excluding diaryl/α,β-unsaturated/α-hetero) is 1. The topological polar surface area (TPSA) is 87.5 Å². The molecule has 7 heteroatoms. The SMILES string of the molecule is COC(=O)c1cc2n(n1)C[C@]1(C(C)=O)[C@H](C2)C[C@H]2[C@@H]3CC=C4CC(OC(C)=O)CC[C@]4(C)[C@H]3CC[C@@]21C. The average molecular weight is 509 g/mol. The van der Waals surface area contributed by atoms with E-state index >= 15 is 0 Å². The Morgan fingerprint density at radius 1 is 1.08 bits per heavy atom. The molecule has 8 atom stereocenters. The van der Waals surface area contributed by atoms with Gasteiger partial charge < -0.3 is 9.47 Å². The number of methoxy groups -OCH3 is 1. The molecule has 1 aliphatic heterocycles. The molecule has 0 radical (unpaired) electrons. The van der Waals surface area contributed by atoms with Crippen LogP contribution in [-0.2, 0) is 32.0 Å². The second-order valence-electron chi connectivity index (χ2n) is 13.0. The highest BCUT2D eigenvalue weighted by Crippen LogP contribution is 2.72. The molecule has 2 heterocycles. The first-order chi connectivity index (χ1) is 17.5. The third-order valence-electron chi connectivity index (χ3n) is 11.8. The van der Waals surface area contributed by atoms with Crippen molar-refractivity contribution in [1.29, 1.82) is 0 Å². The summed E-state index contributed by atoms with van der Waals surface area (Å²) in [5.41, 5.74) is 2.48. The first-order valence-electron chi connectivity index (χ1n) is 14.1. The van der Waals surface area contributed by atoms with E-state index in [-0.39, 0.29) is 34.6 Å². The molecular weight excluding hydrogens is 468 g/mol. The number of ketones is 1. The maximum absolute atomic E-state index is 13.7. The molecule has 5 aliphatic rings. The van der Waals surface area contributed by atoms with Gasteiger partial charge in [0.15, 0.2) is 5.69 Å². The van der Waals surface area contributed by atoms with Crippen LogP contribution in [0.2, 0.25) is 0 Å². The number of carbonyl (C=O) groups excluding carboxylic acids is 3. The number of fused-ring (bicyclic) bond motifs is 8. The molecule has 1 unspecified atom stereocenters. The number of aromatic nitrogens is 2. The van der Waals surface area contributed by atoms with Crippen molar-refractivity contribution in [3.05, 3.63) is 29.1 Å². The van der Waals surface area contributed by atoms with E-state index in [0.29, 0.717) is 30.0 Å². The number of rotatable bonds is 3. The number of hydrogen-bond acceptors (Lipinski definition) is 6. The van der Waals surface area contributed by atoms with Crippen molar-refractivity contribution < 1.29 is 23.9 Å². The van der Waals surface area contributed by atoms with Gasteiger partial charge in [-0.15, -0.1) is 0 Å². The molecule has 4 aliphatic carbocycles. The summed E-state index contributed by atoms with van der Waals surface area (Å²) in [4.78, 5) is 37.4. The van der Waals surface area contributed by atoms with Crippen LogP contribution in [0.1, 0.15) is 88.8 Å². The second-order valence-corrected chi connectivity index (χ2v) is 13.0. The van der Waals surface area contributed by atoms with E-state index in [1.165, 1.54) is 19.6 Å². The van der Waals surface area contributed by atoms with Crippen LogP contribution in [0.15, 0.2) is 17.7 Å². The molecule has 37 heavy (non-hydrogen) atoms. The van der Waals surface area contributed by atoms with Crippen LogP contribution in [0.4, 0.5) is 0 Å². The maximum Gasteiger partial charge on any atom is 0.358 e. The third-order valence-corrected chi connectivity index (χ3v) is 11.8. The van der Waals surface area contributed by atoms with Crippen LogP contribution in [0.5, 0.6) is 0 Å². The Labute approximate surface area is 219 Å². The summed E-state index contributed by atoms with van der Waals surface area (Å²) in [5.74, 6) is 1.61. The third kappa shape index (κ3) is 3.31. The van der Waals surface area contributed by atoms with E-state index in [4.69, 9.17) is 9.47 Å². The minimum absolute atomic E-state index is 0.00901. The highest BCUT2D eigenvalue weighted by Gasteiger charge is 2.70. The minimum Gasteiger partial charge on any atom is -0.464 e. The van der Waals surface area contributed by atoms with Gasteiger partial charge in [-0.25, -0.2) is 4.79 Å². The molecule has 6 rings (SSSR count). The fraction of sp³-hybridized carbons (Fsp3) is 0.733.